The molecule has 2 aromatic rings. The first-order chi connectivity index (χ1) is 14.8. The van der Waals surface area contributed by atoms with Crippen molar-refractivity contribution >= 4 is 21.5 Å². The van der Waals surface area contributed by atoms with Gasteiger partial charge in [0.25, 0.3) is 5.91 Å². The number of amides is 2. The molecule has 0 N–H and O–H groups in total. The van der Waals surface area contributed by atoms with Gasteiger partial charge in [0.1, 0.15) is 11.6 Å². The van der Waals surface area contributed by atoms with Crippen LogP contribution in [-0.2, 0) is 32.2 Å². The summed E-state index contributed by atoms with van der Waals surface area (Å²) in [6, 6.07) is 12.8. The molecule has 1 unspecified atom stereocenters. The van der Waals surface area contributed by atoms with Crippen LogP contribution in [0, 0.1) is 11.6 Å². The van der Waals surface area contributed by atoms with E-state index in [0.717, 1.165) is 31.0 Å². The van der Waals surface area contributed by atoms with E-state index in [9.17, 15) is 22.6 Å². The van der Waals surface area contributed by atoms with E-state index >= 15 is 0 Å². The van der Waals surface area contributed by atoms with Crippen LogP contribution in [0.2, 0.25) is 0 Å². The number of nitrogens with zero attached hydrogens (tertiary/aromatic N) is 2. The predicted octanol–water partition coefficient (Wildman–Crippen LogP) is 3.76. The summed E-state index contributed by atoms with van der Waals surface area (Å²) < 4.78 is 43.9. The number of hydrogen-bond donors (Lipinski definition) is 0. The summed E-state index contributed by atoms with van der Waals surface area (Å²) in [5.74, 6) is -1.77. The first-order valence-corrected chi connectivity index (χ1v) is 12.2. The van der Waals surface area contributed by atoms with E-state index in [-0.39, 0.29) is 29.5 Å². The standard InChI is InChI=1S/C23H26F2N2O3S/c24-20-10-11-21(25)19(16-20)17-22(28)26-31(30)14-5-12-27(13-15-31)23(29)9-4-8-18-6-2-1-3-7-18/h1-3,6-7,10-11,16H,4-5,8-9,12-15,17H2. The molecule has 0 radical (unpaired) electrons. The van der Waals surface area contributed by atoms with Crippen molar-refractivity contribution < 1.29 is 22.6 Å². The van der Waals surface area contributed by atoms with Crippen molar-refractivity contribution in [2.24, 2.45) is 4.36 Å². The summed E-state index contributed by atoms with van der Waals surface area (Å²) in [4.78, 5) is 26.5. The Morgan fingerprint density at radius 1 is 1.03 bits per heavy atom. The van der Waals surface area contributed by atoms with Crippen molar-refractivity contribution in [2.45, 2.75) is 32.1 Å². The third kappa shape index (κ3) is 6.95. The topological polar surface area (TPSA) is 66.8 Å². The second-order valence-electron chi connectivity index (χ2n) is 7.65. The van der Waals surface area contributed by atoms with Crippen LogP contribution < -0.4 is 0 Å². The van der Waals surface area contributed by atoms with Crippen LogP contribution in [0.1, 0.15) is 30.4 Å². The Morgan fingerprint density at radius 2 is 1.81 bits per heavy atom. The Hall–Kier alpha value is -2.61. The van der Waals surface area contributed by atoms with E-state index in [0.29, 0.717) is 19.4 Å². The van der Waals surface area contributed by atoms with Gasteiger partial charge in [0.15, 0.2) is 0 Å². The molecule has 1 fully saturated rings. The molecule has 0 bridgehead atoms. The van der Waals surface area contributed by atoms with Crippen molar-refractivity contribution in [1.82, 2.24) is 4.90 Å². The van der Waals surface area contributed by atoms with Crippen LogP contribution >= 0.6 is 0 Å². The van der Waals surface area contributed by atoms with Gasteiger partial charge in [-0.15, -0.1) is 0 Å². The highest BCUT2D eigenvalue weighted by Gasteiger charge is 2.23. The minimum absolute atomic E-state index is 0.00717. The van der Waals surface area contributed by atoms with Crippen LogP contribution in [0.15, 0.2) is 52.9 Å². The Balaban J connectivity index is 1.54. The van der Waals surface area contributed by atoms with Crippen molar-refractivity contribution in [1.29, 1.82) is 0 Å². The van der Waals surface area contributed by atoms with Crippen LogP contribution in [0.3, 0.4) is 0 Å². The van der Waals surface area contributed by atoms with Crippen LogP contribution in [0.4, 0.5) is 8.78 Å². The molecule has 3 rings (SSSR count). The molecule has 0 saturated carbocycles. The van der Waals surface area contributed by atoms with Gasteiger partial charge < -0.3 is 4.90 Å². The minimum Gasteiger partial charge on any atom is -0.342 e. The third-order valence-corrected chi connectivity index (χ3v) is 7.52. The van der Waals surface area contributed by atoms with Gasteiger partial charge in [0, 0.05) is 36.6 Å². The number of benzene rings is 2. The molecule has 31 heavy (non-hydrogen) atoms. The van der Waals surface area contributed by atoms with E-state index in [1.165, 1.54) is 5.56 Å². The predicted molar refractivity (Wildman–Crippen MR) is 116 cm³/mol. The molecular weight excluding hydrogens is 422 g/mol. The van der Waals surface area contributed by atoms with E-state index in [2.05, 4.69) is 4.36 Å². The van der Waals surface area contributed by atoms with Crippen LogP contribution in [0.25, 0.3) is 0 Å². The number of carbonyl (C=O) groups is 2. The highest BCUT2D eigenvalue weighted by atomic mass is 32.2. The average molecular weight is 449 g/mol. The largest absolute Gasteiger partial charge is 0.342 e. The molecule has 1 saturated heterocycles. The Bertz CT molecular complexity index is 1050. The third-order valence-electron chi connectivity index (χ3n) is 5.24. The summed E-state index contributed by atoms with van der Waals surface area (Å²) in [6.45, 7) is 0.748. The zero-order valence-corrected chi connectivity index (χ0v) is 18.1. The zero-order valence-electron chi connectivity index (χ0n) is 17.3. The molecule has 0 aliphatic carbocycles. The van der Waals surface area contributed by atoms with Crippen LogP contribution in [0.5, 0.6) is 0 Å². The number of carbonyl (C=O) groups excluding carboxylic acids is 2. The van der Waals surface area contributed by atoms with E-state index < -0.39 is 33.7 Å². The van der Waals surface area contributed by atoms with Gasteiger partial charge in [-0.2, -0.15) is 4.36 Å². The van der Waals surface area contributed by atoms with E-state index in [1.54, 1.807) is 4.90 Å². The highest BCUT2D eigenvalue weighted by Crippen LogP contribution is 2.14. The number of rotatable bonds is 6. The molecule has 8 heteroatoms. The first-order valence-electron chi connectivity index (χ1n) is 10.4. The summed E-state index contributed by atoms with van der Waals surface area (Å²) in [5.41, 5.74) is 1.07. The maximum atomic E-state index is 13.7. The van der Waals surface area contributed by atoms with Gasteiger partial charge in [-0.25, -0.2) is 13.0 Å². The fraction of sp³-hybridized carbons (Fsp3) is 0.391. The lowest BCUT2D eigenvalue weighted by molar-refractivity contribution is -0.131. The molecule has 0 spiro atoms. The quantitative estimate of drug-likeness (QED) is 0.676. The lowest BCUT2D eigenvalue weighted by Gasteiger charge is -2.19. The SMILES string of the molecule is O=C(Cc1cc(F)ccc1F)N=S1(=O)CCCN(C(=O)CCCc2ccccc2)CC1. The minimum atomic E-state index is -2.83. The highest BCUT2D eigenvalue weighted by molar-refractivity contribution is 7.93. The molecule has 1 heterocycles. The second kappa shape index (κ2) is 10.6. The molecule has 5 nitrogen and oxygen atoms in total. The lowest BCUT2D eigenvalue weighted by atomic mass is 10.1. The fourth-order valence-corrected chi connectivity index (χ4v) is 5.50. The molecule has 1 atom stereocenters. The van der Waals surface area contributed by atoms with Gasteiger partial charge in [-0.3, -0.25) is 9.59 Å². The van der Waals surface area contributed by atoms with Crippen molar-refractivity contribution in [2.75, 3.05) is 24.6 Å². The first kappa shape index (κ1) is 23.1. The number of hydrogen-bond acceptors (Lipinski definition) is 3. The van der Waals surface area contributed by atoms with Crippen molar-refractivity contribution in [3.05, 3.63) is 71.3 Å². The van der Waals surface area contributed by atoms with Gasteiger partial charge in [-0.1, -0.05) is 30.3 Å². The molecule has 1 aliphatic rings. The van der Waals surface area contributed by atoms with Gasteiger partial charge in [0.05, 0.1) is 16.1 Å². The normalized spacial score (nSPS) is 19.0. The summed E-state index contributed by atoms with van der Waals surface area (Å²) >= 11 is 0. The van der Waals surface area contributed by atoms with E-state index in [1.807, 2.05) is 30.3 Å². The van der Waals surface area contributed by atoms with Crippen molar-refractivity contribution in [3.8, 4) is 0 Å². The molecule has 2 amide bonds. The fourth-order valence-electron chi connectivity index (χ4n) is 3.59. The van der Waals surface area contributed by atoms with Gasteiger partial charge in [0.2, 0.25) is 5.91 Å². The van der Waals surface area contributed by atoms with E-state index in [4.69, 9.17) is 0 Å². The summed E-state index contributed by atoms with van der Waals surface area (Å²) in [6.07, 6.45) is 2.00. The Morgan fingerprint density at radius 3 is 2.58 bits per heavy atom. The second-order valence-corrected chi connectivity index (χ2v) is 10.2. The number of aryl methyl sites for hydroxylation is 1. The van der Waals surface area contributed by atoms with Gasteiger partial charge in [-0.05, 0) is 43.0 Å². The maximum absolute atomic E-state index is 13.7. The summed E-state index contributed by atoms with van der Waals surface area (Å²) in [7, 11) is -2.83. The molecule has 166 valence electrons. The molecular formula is C23H26F2N2O3S. The monoisotopic (exact) mass is 448 g/mol. The van der Waals surface area contributed by atoms with Crippen molar-refractivity contribution in [3.63, 3.8) is 0 Å². The van der Waals surface area contributed by atoms with Gasteiger partial charge >= 0.3 is 0 Å². The maximum Gasteiger partial charge on any atom is 0.258 e. The summed E-state index contributed by atoms with van der Waals surface area (Å²) in [5, 5.41) is 0. The average Bonchev–Trinajstić information content (AvgIpc) is 2.93. The number of halogens is 2. The lowest BCUT2D eigenvalue weighted by Crippen LogP contribution is -2.33. The molecule has 0 aromatic heterocycles. The smallest absolute Gasteiger partial charge is 0.258 e. The Kier molecular flexibility index (Phi) is 7.90. The zero-order chi connectivity index (χ0) is 22.3. The molecule has 2 aromatic carbocycles. The molecule has 1 aliphatic heterocycles. The Labute approximate surface area is 181 Å². The van der Waals surface area contributed by atoms with Crippen LogP contribution in [-0.4, -0.2) is 45.5 Å².